The maximum absolute atomic E-state index is 11.8. The molecule has 25 heavy (non-hydrogen) atoms. The molecule has 0 aromatic rings. The maximum Gasteiger partial charge on any atom is 0.500 e. The fourth-order valence-corrected chi connectivity index (χ4v) is 4.53. The molecule has 0 aliphatic rings. The van der Waals surface area contributed by atoms with Crippen molar-refractivity contribution in [1.82, 2.24) is 5.32 Å². The Morgan fingerprint density at radius 3 is 2.16 bits per heavy atom. The molecule has 150 valence electrons. The van der Waals surface area contributed by atoms with Crippen molar-refractivity contribution in [1.29, 1.82) is 0 Å². The minimum Gasteiger partial charge on any atom is -0.393 e. The zero-order valence-electron chi connectivity index (χ0n) is 16.6. The highest BCUT2D eigenvalue weighted by Crippen LogP contribution is 2.14. The Balaban J connectivity index is 3.64. The van der Waals surface area contributed by atoms with Crippen LogP contribution in [-0.2, 0) is 18.1 Å². The normalized spacial score (nSPS) is 13.0. The summed E-state index contributed by atoms with van der Waals surface area (Å²) in [5, 5.41) is 12.8. The number of rotatable bonds is 17. The van der Waals surface area contributed by atoms with E-state index in [9.17, 15) is 9.90 Å². The lowest BCUT2D eigenvalue weighted by molar-refractivity contribution is -0.121. The van der Waals surface area contributed by atoms with Crippen LogP contribution in [0.25, 0.3) is 0 Å². The zero-order chi connectivity index (χ0) is 19.0. The molecule has 0 aromatic heterocycles. The summed E-state index contributed by atoms with van der Waals surface area (Å²) in [6, 6.07) is 0.674. The SMILES string of the molecule is CCCCCCCC(O)CCCC(=O)NCCC[Si](OC)(OC)OC. The van der Waals surface area contributed by atoms with Crippen LogP contribution in [0.15, 0.2) is 0 Å². The molecule has 6 nitrogen and oxygen atoms in total. The Kier molecular flexibility index (Phi) is 15.5. The first-order valence-electron chi connectivity index (χ1n) is 9.63. The molecule has 0 spiro atoms. The van der Waals surface area contributed by atoms with E-state index in [4.69, 9.17) is 13.3 Å². The van der Waals surface area contributed by atoms with Crippen LogP contribution in [-0.4, -0.2) is 53.8 Å². The van der Waals surface area contributed by atoms with Crippen LogP contribution < -0.4 is 5.32 Å². The summed E-state index contributed by atoms with van der Waals surface area (Å²) in [6.07, 6.45) is 9.28. The Morgan fingerprint density at radius 2 is 1.56 bits per heavy atom. The Morgan fingerprint density at radius 1 is 0.960 bits per heavy atom. The van der Waals surface area contributed by atoms with Gasteiger partial charge in [0.2, 0.25) is 5.91 Å². The molecule has 0 aromatic carbocycles. The van der Waals surface area contributed by atoms with Crippen LogP contribution in [0, 0.1) is 0 Å². The Hall–Kier alpha value is -0.473. The summed E-state index contributed by atoms with van der Waals surface area (Å²) in [5.74, 6) is 0.0367. The highest BCUT2D eigenvalue weighted by atomic mass is 28.4. The van der Waals surface area contributed by atoms with Gasteiger partial charge in [-0.3, -0.25) is 4.79 Å². The van der Waals surface area contributed by atoms with E-state index >= 15 is 0 Å². The van der Waals surface area contributed by atoms with Gasteiger partial charge in [-0.25, -0.2) is 0 Å². The molecule has 1 unspecified atom stereocenters. The molecule has 2 N–H and O–H groups in total. The zero-order valence-corrected chi connectivity index (χ0v) is 17.6. The predicted octanol–water partition coefficient (Wildman–Crippen LogP) is 3.26. The van der Waals surface area contributed by atoms with Gasteiger partial charge in [-0.05, 0) is 25.7 Å². The van der Waals surface area contributed by atoms with Gasteiger partial charge in [0, 0.05) is 40.3 Å². The average Bonchev–Trinajstić information content (AvgIpc) is 2.62. The molecule has 0 saturated heterocycles. The number of hydrogen-bond acceptors (Lipinski definition) is 5. The van der Waals surface area contributed by atoms with Gasteiger partial charge in [-0.15, -0.1) is 0 Å². The lowest BCUT2D eigenvalue weighted by atomic mass is 10.0. The number of carbonyl (C=O) groups excluding carboxylic acids is 1. The number of aliphatic hydroxyl groups is 1. The van der Waals surface area contributed by atoms with Crippen LogP contribution in [0.4, 0.5) is 0 Å². The second-order valence-electron chi connectivity index (χ2n) is 6.50. The van der Waals surface area contributed by atoms with Crippen molar-refractivity contribution in [3.05, 3.63) is 0 Å². The molecule has 0 saturated carbocycles. The molecule has 0 bridgehead atoms. The lowest BCUT2D eigenvalue weighted by Crippen LogP contribution is -2.43. The summed E-state index contributed by atoms with van der Waals surface area (Å²) in [7, 11) is 2.23. The molecule has 0 aliphatic heterocycles. The van der Waals surface area contributed by atoms with E-state index in [1.807, 2.05) is 0 Å². The molecule has 7 heteroatoms. The minimum atomic E-state index is -2.54. The molecule has 0 heterocycles. The van der Waals surface area contributed by atoms with E-state index < -0.39 is 8.80 Å². The van der Waals surface area contributed by atoms with Crippen molar-refractivity contribution in [2.24, 2.45) is 0 Å². The van der Waals surface area contributed by atoms with E-state index in [0.717, 1.165) is 25.7 Å². The molecule has 0 radical (unpaired) electrons. The third kappa shape index (κ3) is 12.5. The molecule has 1 atom stereocenters. The van der Waals surface area contributed by atoms with E-state index in [2.05, 4.69) is 12.2 Å². The number of amides is 1. The third-order valence-electron chi connectivity index (χ3n) is 4.50. The quantitative estimate of drug-likeness (QED) is 0.300. The summed E-state index contributed by atoms with van der Waals surface area (Å²) in [6.45, 7) is 2.79. The largest absolute Gasteiger partial charge is 0.500 e. The highest BCUT2D eigenvalue weighted by Gasteiger charge is 2.36. The number of hydrogen-bond donors (Lipinski definition) is 2. The second kappa shape index (κ2) is 15.8. The fourth-order valence-electron chi connectivity index (χ4n) is 2.80. The summed E-state index contributed by atoms with van der Waals surface area (Å²) < 4.78 is 16.0. The van der Waals surface area contributed by atoms with Crippen molar-refractivity contribution in [3.63, 3.8) is 0 Å². The molecular formula is C18H39NO5Si. The lowest BCUT2D eigenvalue weighted by Gasteiger charge is -2.24. The predicted molar refractivity (Wildman–Crippen MR) is 102 cm³/mol. The molecule has 0 fully saturated rings. The monoisotopic (exact) mass is 377 g/mol. The van der Waals surface area contributed by atoms with Crippen molar-refractivity contribution < 1.29 is 23.2 Å². The first-order valence-corrected chi connectivity index (χ1v) is 11.6. The van der Waals surface area contributed by atoms with Gasteiger partial charge in [0.05, 0.1) is 6.10 Å². The van der Waals surface area contributed by atoms with Crippen LogP contribution in [0.3, 0.4) is 0 Å². The third-order valence-corrected chi connectivity index (χ3v) is 7.33. The van der Waals surface area contributed by atoms with Crippen LogP contribution in [0.5, 0.6) is 0 Å². The molecule has 0 rings (SSSR count). The smallest absolute Gasteiger partial charge is 0.393 e. The average molecular weight is 378 g/mol. The van der Waals surface area contributed by atoms with Crippen LogP contribution in [0.2, 0.25) is 6.04 Å². The fraction of sp³-hybridized carbons (Fsp3) is 0.944. The number of carbonyl (C=O) groups is 1. The number of aliphatic hydroxyl groups excluding tert-OH is 1. The van der Waals surface area contributed by atoms with E-state index in [1.165, 1.54) is 25.7 Å². The number of unbranched alkanes of at least 4 members (excludes halogenated alkanes) is 4. The van der Waals surface area contributed by atoms with Gasteiger partial charge in [-0.1, -0.05) is 39.0 Å². The Bertz CT molecular complexity index is 318. The summed E-state index contributed by atoms with van der Waals surface area (Å²) in [4.78, 5) is 11.8. The highest BCUT2D eigenvalue weighted by molar-refractivity contribution is 6.60. The summed E-state index contributed by atoms with van der Waals surface area (Å²) in [5.41, 5.74) is 0. The Labute approximate surface area is 155 Å². The van der Waals surface area contributed by atoms with Crippen molar-refractivity contribution >= 4 is 14.7 Å². The van der Waals surface area contributed by atoms with Gasteiger partial charge in [0.15, 0.2) is 0 Å². The van der Waals surface area contributed by atoms with Gasteiger partial charge in [0.25, 0.3) is 0 Å². The van der Waals surface area contributed by atoms with Crippen LogP contribution in [0.1, 0.15) is 71.1 Å². The van der Waals surface area contributed by atoms with Crippen molar-refractivity contribution in [2.75, 3.05) is 27.9 Å². The summed E-state index contributed by atoms with van der Waals surface area (Å²) >= 11 is 0. The van der Waals surface area contributed by atoms with E-state index in [0.29, 0.717) is 25.4 Å². The van der Waals surface area contributed by atoms with E-state index in [-0.39, 0.29) is 12.0 Å². The molecular weight excluding hydrogens is 338 g/mol. The second-order valence-corrected chi connectivity index (χ2v) is 9.59. The van der Waals surface area contributed by atoms with Gasteiger partial charge < -0.3 is 23.7 Å². The van der Waals surface area contributed by atoms with Gasteiger partial charge in [-0.2, -0.15) is 0 Å². The first-order chi connectivity index (χ1) is 12.0. The number of nitrogens with one attached hydrogen (secondary N) is 1. The first kappa shape index (κ1) is 24.5. The van der Waals surface area contributed by atoms with Gasteiger partial charge in [0.1, 0.15) is 0 Å². The standard InChI is InChI=1S/C18H39NO5Si/c1-5-6-7-8-9-12-17(20)13-10-14-18(21)19-15-11-16-25(22-2,23-3)24-4/h17,20H,5-16H2,1-4H3,(H,19,21). The topological polar surface area (TPSA) is 77.0 Å². The molecule has 1 amide bonds. The van der Waals surface area contributed by atoms with E-state index in [1.54, 1.807) is 21.3 Å². The van der Waals surface area contributed by atoms with Gasteiger partial charge >= 0.3 is 8.80 Å². The minimum absolute atomic E-state index is 0.0367. The van der Waals surface area contributed by atoms with Crippen molar-refractivity contribution in [3.8, 4) is 0 Å². The van der Waals surface area contributed by atoms with Crippen LogP contribution >= 0.6 is 0 Å². The van der Waals surface area contributed by atoms with Crippen molar-refractivity contribution in [2.45, 2.75) is 83.3 Å². The maximum atomic E-state index is 11.8. The molecule has 0 aliphatic carbocycles.